The number of amides is 2. The van der Waals surface area contributed by atoms with E-state index in [2.05, 4.69) is 24.2 Å². The SMILES string of the molecule is CCCCCNC(=O)N1CCN(C)CC1. The van der Waals surface area contributed by atoms with Crippen molar-refractivity contribution in [2.45, 2.75) is 26.2 Å². The molecule has 0 aromatic heterocycles. The highest BCUT2D eigenvalue weighted by atomic mass is 16.2. The third-order valence-corrected chi connectivity index (χ3v) is 2.85. The van der Waals surface area contributed by atoms with Gasteiger partial charge in [0, 0.05) is 32.7 Å². The first kappa shape index (κ1) is 12.3. The Balaban J connectivity index is 2.11. The second-order valence-corrected chi connectivity index (χ2v) is 4.23. The molecule has 4 heteroatoms. The molecule has 0 aromatic rings. The van der Waals surface area contributed by atoms with Crippen molar-refractivity contribution < 1.29 is 4.79 Å². The van der Waals surface area contributed by atoms with Crippen LogP contribution in [0.25, 0.3) is 0 Å². The molecule has 1 rings (SSSR count). The molecule has 0 spiro atoms. The van der Waals surface area contributed by atoms with E-state index in [1.165, 1.54) is 12.8 Å². The highest BCUT2D eigenvalue weighted by Crippen LogP contribution is 1.99. The van der Waals surface area contributed by atoms with E-state index in [-0.39, 0.29) is 6.03 Å². The van der Waals surface area contributed by atoms with Gasteiger partial charge in [-0.3, -0.25) is 0 Å². The second kappa shape index (κ2) is 6.67. The Morgan fingerprint density at radius 3 is 2.47 bits per heavy atom. The van der Waals surface area contributed by atoms with Gasteiger partial charge in [-0.2, -0.15) is 0 Å². The zero-order valence-electron chi connectivity index (χ0n) is 9.96. The number of nitrogens with one attached hydrogen (secondary N) is 1. The van der Waals surface area contributed by atoms with Crippen molar-refractivity contribution in [3.8, 4) is 0 Å². The number of hydrogen-bond acceptors (Lipinski definition) is 2. The highest BCUT2D eigenvalue weighted by molar-refractivity contribution is 5.74. The maximum atomic E-state index is 11.7. The summed E-state index contributed by atoms with van der Waals surface area (Å²) in [5.74, 6) is 0. The number of rotatable bonds is 4. The molecule has 15 heavy (non-hydrogen) atoms. The molecule has 4 nitrogen and oxygen atoms in total. The zero-order chi connectivity index (χ0) is 11.1. The lowest BCUT2D eigenvalue weighted by Crippen LogP contribution is -2.50. The van der Waals surface area contributed by atoms with Crippen molar-refractivity contribution in [3.63, 3.8) is 0 Å². The van der Waals surface area contributed by atoms with Crippen molar-refractivity contribution in [1.82, 2.24) is 15.1 Å². The average Bonchev–Trinajstić information content (AvgIpc) is 2.25. The molecule has 0 bridgehead atoms. The molecule has 88 valence electrons. The van der Waals surface area contributed by atoms with E-state index in [9.17, 15) is 4.79 Å². The Morgan fingerprint density at radius 1 is 1.20 bits per heavy atom. The molecule has 0 unspecified atom stereocenters. The van der Waals surface area contributed by atoms with Crippen molar-refractivity contribution in [2.75, 3.05) is 39.8 Å². The van der Waals surface area contributed by atoms with Crippen LogP contribution in [0.1, 0.15) is 26.2 Å². The first-order chi connectivity index (χ1) is 7.24. The number of unbranched alkanes of at least 4 members (excludes halogenated alkanes) is 2. The molecule has 0 aromatic carbocycles. The van der Waals surface area contributed by atoms with E-state index in [0.717, 1.165) is 39.1 Å². The maximum absolute atomic E-state index is 11.7. The summed E-state index contributed by atoms with van der Waals surface area (Å²) in [6.07, 6.45) is 3.49. The number of carbonyl (C=O) groups is 1. The molecular formula is C11H23N3O. The Kier molecular flexibility index (Phi) is 5.47. The lowest BCUT2D eigenvalue weighted by Gasteiger charge is -2.32. The number of carbonyl (C=O) groups excluding carboxylic acids is 1. The zero-order valence-corrected chi connectivity index (χ0v) is 9.96. The van der Waals surface area contributed by atoms with Gasteiger partial charge in [0.05, 0.1) is 0 Å². The largest absolute Gasteiger partial charge is 0.338 e. The van der Waals surface area contributed by atoms with Gasteiger partial charge in [-0.05, 0) is 13.5 Å². The van der Waals surface area contributed by atoms with E-state index in [1.54, 1.807) is 0 Å². The van der Waals surface area contributed by atoms with Crippen LogP contribution >= 0.6 is 0 Å². The van der Waals surface area contributed by atoms with Crippen LogP contribution in [0.2, 0.25) is 0 Å². The lowest BCUT2D eigenvalue weighted by molar-refractivity contribution is 0.154. The van der Waals surface area contributed by atoms with Crippen LogP contribution in [-0.2, 0) is 0 Å². The fourth-order valence-electron chi connectivity index (χ4n) is 1.69. The second-order valence-electron chi connectivity index (χ2n) is 4.23. The Bertz CT molecular complexity index is 188. The Morgan fingerprint density at radius 2 is 1.87 bits per heavy atom. The van der Waals surface area contributed by atoms with Crippen molar-refractivity contribution in [3.05, 3.63) is 0 Å². The van der Waals surface area contributed by atoms with E-state index in [4.69, 9.17) is 0 Å². The summed E-state index contributed by atoms with van der Waals surface area (Å²) >= 11 is 0. The van der Waals surface area contributed by atoms with Gasteiger partial charge >= 0.3 is 6.03 Å². The van der Waals surface area contributed by atoms with Gasteiger partial charge in [-0.1, -0.05) is 19.8 Å². The molecule has 0 atom stereocenters. The minimum atomic E-state index is 0.110. The lowest BCUT2D eigenvalue weighted by atomic mass is 10.2. The minimum Gasteiger partial charge on any atom is -0.338 e. The van der Waals surface area contributed by atoms with Crippen LogP contribution in [0.3, 0.4) is 0 Å². The molecule has 0 aliphatic carbocycles. The van der Waals surface area contributed by atoms with Gasteiger partial charge in [0.15, 0.2) is 0 Å². The van der Waals surface area contributed by atoms with Crippen LogP contribution < -0.4 is 5.32 Å². The molecule has 1 fully saturated rings. The molecule has 1 heterocycles. The summed E-state index contributed by atoms with van der Waals surface area (Å²) in [7, 11) is 2.09. The molecule has 1 aliphatic heterocycles. The average molecular weight is 213 g/mol. The van der Waals surface area contributed by atoms with E-state index in [0.29, 0.717) is 0 Å². The molecular weight excluding hydrogens is 190 g/mol. The van der Waals surface area contributed by atoms with Gasteiger partial charge in [0.2, 0.25) is 0 Å². The molecule has 0 saturated carbocycles. The standard InChI is InChI=1S/C11H23N3O/c1-3-4-5-6-12-11(15)14-9-7-13(2)8-10-14/h3-10H2,1-2H3,(H,12,15). The highest BCUT2D eigenvalue weighted by Gasteiger charge is 2.17. The van der Waals surface area contributed by atoms with Gasteiger partial charge < -0.3 is 15.1 Å². The van der Waals surface area contributed by atoms with Crippen molar-refractivity contribution >= 4 is 6.03 Å². The van der Waals surface area contributed by atoms with Gasteiger partial charge in [0.25, 0.3) is 0 Å². The summed E-state index contributed by atoms with van der Waals surface area (Å²) in [6.45, 7) is 6.68. The first-order valence-electron chi connectivity index (χ1n) is 5.95. The minimum absolute atomic E-state index is 0.110. The predicted molar refractivity (Wildman–Crippen MR) is 62.0 cm³/mol. The summed E-state index contributed by atoms with van der Waals surface area (Å²) in [5, 5.41) is 2.97. The van der Waals surface area contributed by atoms with Crippen molar-refractivity contribution in [1.29, 1.82) is 0 Å². The molecule has 0 radical (unpaired) electrons. The smallest absolute Gasteiger partial charge is 0.317 e. The maximum Gasteiger partial charge on any atom is 0.317 e. The van der Waals surface area contributed by atoms with E-state index < -0.39 is 0 Å². The summed E-state index contributed by atoms with van der Waals surface area (Å²) in [4.78, 5) is 15.8. The van der Waals surface area contributed by atoms with E-state index in [1.807, 2.05) is 4.90 Å². The summed E-state index contributed by atoms with van der Waals surface area (Å²) < 4.78 is 0. The van der Waals surface area contributed by atoms with Crippen molar-refractivity contribution in [2.24, 2.45) is 0 Å². The van der Waals surface area contributed by atoms with Crippen LogP contribution in [0.5, 0.6) is 0 Å². The number of likely N-dealkylation sites (N-methyl/N-ethyl adjacent to an activating group) is 1. The van der Waals surface area contributed by atoms with Crippen LogP contribution in [0.15, 0.2) is 0 Å². The topological polar surface area (TPSA) is 35.6 Å². The molecule has 1 saturated heterocycles. The normalized spacial score (nSPS) is 17.9. The fraction of sp³-hybridized carbons (Fsp3) is 0.909. The van der Waals surface area contributed by atoms with Crippen LogP contribution in [0, 0.1) is 0 Å². The van der Waals surface area contributed by atoms with Gasteiger partial charge in [-0.25, -0.2) is 4.79 Å². The number of piperazine rings is 1. The number of nitrogens with zero attached hydrogens (tertiary/aromatic N) is 2. The third-order valence-electron chi connectivity index (χ3n) is 2.85. The third kappa shape index (κ3) is 4.51. The van der Waals surface area contributed by atoms with E-state index >= 15 is 0 Å². The summed E-state index contributed by atoms with van der Waals surface area (Å²) in [5.41, 5.74) is 0. The van der Waals surface area contributed by atoms with Crippen LogP contribution in [0.4, 0.5) is 4.79 Å². The van der Waals surface area contributed by atoms with Gasteiger partial charge in [-0.15, -0.1) is 0 Å². The van der Waals surface area contributed by atoms with Crippen LogP contribution in [-0.4, -0.2) is 55.6 Å². The van der Waals surface area contributed by atoms with Gasteiger partial charge in [0.1, 0.15) is 0 Å². The fourth-order valence-corrected chi connectivity index (χ4v) is 1.69. The number of urea groups is 1. The predicted octanol–water partition coefficient (Wildman–Crippen LogP) is 1.13. The Labute approximate surface area is 92.6 Å². The molecule has 2 amide bonds. The Hall–Kier alpha value is -0.770. The quantitative estimate of drug-likeness (QED) is 0.711. The molecule has 1 aliphatic rings. The molecule has 1 N–H and O–H groups in total. The first-order valence-corrected chi connectivity index (χ1v) is 5.95. The number of hydrogen-bond donors (Lipinski definition) is 1. The monoisotopic (exact) mass is 213 g/mol. The summed E-state index contributed by atoms with van der Waals surface area (Å²) in [6, 6.07) is 0.110.